The number of benzene rings is 3. The smallest absolute Gasteiger partial charge is 0.123 e. The first kappa shape index (κ1) is 27.9. The second-order valence-corrected chi connectivity index (χ2v) is 9.76. The Bertz CT molecular complexity index is 1120. The van der Waals surface area contributed by atoms with Crippen LogP contribution < -0.4 is 0 Å². The van der Waals surface area contributed by atoms with Gasteiger partial charge in [0.2, 0.25) is 0 Å². The summed E-state index contributed by atoms with van der Waals surface area (Å²) in [5.41, 5.74) is 6.48. The van der Waals surface area contributed by atoms with E-state index < -0.39 is 0 Å². The molecular formula is C31H37ClFNO2. The van der Waals surface area contributed by atoms with Crippen LogP contribution in [0.3, 0.4) is 0 Å². The van der Waals surface area contributed by atoms with E-state index in [1.807, 2.05) is 12.1 Å². The monoisotopic (exact) mass is 509 g/mol. The summed E-state index contributed by atoms with van der Waals surface area (Å²) in [6, 6.07) is 23.3. The molecular weight excluding hydrogens is 473 g/mol. The minimum atomic E-state index is -0.269. The number of aliphatic hydroxyl groups excluding tert-OH is 1. The van der Waals surface area contributed by atoms with Crippen molar-refractivity contribution in [3.05, 3.63) is 101 Å². The minimum absolute atomic E-state index is 0. The maximum absolute atomic E-state index is 13.7. The van der Waals surface area contributed by atoms with Gasteiger partial charge in [-0.1, -0.05) is 48.5 Å². The van der Waals surface area contributed by atoms with Crippen LogP contribution in [0.4, 0.5) is 4.39 Å². The Morgan fingerprint density at radius 3 is 1.92 bits per heavy atom. The van der Waals surface area contributed by atoms with E-state index in [9.17, 15) is 14.6 Å². The third kappa shape index (κ3) is 6.76. The predicted octanol–water partition coefficient (Wildman–Crippen LogP) is 7.27. The number of aromatic hydroxyl groups is 1. The molecule has 0 radical (unpaired) electrons. The number of hydrogen-bond donors (Lipinski definition) is 2. The summed E-state index contributed by atoms with van der Waals surface area (Å²) in [4.78, 5) is 2.55. The van der Waals surface area contributed by atoms with Gasteiger partial charge in [-0.2, -0.15) is 0 Å². The van der Waals surface area contributed by atoms with E-state index in [2.05, 4.69) is 43.0 Å². The average Bonchev–Trinajstić information content (AvgIpc) is 2.88. The van der Waals surface area contributed by atoms with Crippen LogP contribution in [0, 0.1) is 5.82 Å². The standard InChI is InChI=1S/C31H36FNO2.ClH/c1-22(2)33-19-17-24(18-20-33)23-5-7-26(8-6-23)31(27-11-15-29(35)16-12-27)30(4-3-21-34)25-9-13-28(32)14-10-25;/h5-16,22,24,34-35H,3-4,17-21H2,1-2H3;1H/b31-30+;. The van der Waals surface area contributed by atoms with E-state index in [0.29, 0.717) is 24.8 Å². The Morgan fingerprint density at radius 1 is 0.861 bits per heavy atom. The minimum Gasteiger partial charge on any atom is -0.508 e. The van der Waals surface area contributed by atoms with Crippen LogP contribution in [0.25, 0.3) is 11.1 Å². The molecule has 0 bridgehead atoms. The van der Waals surface area contributed by atoms with Gasteiger partial charge in [-0.25, -0.2) is 4.39 Å². The van der Waals surface area contributed by atoms with Crippen LogP contribution in [0.5, 0.6) is 5.75 Å². The fraction of sp³-hybridized carbons (Fsp3) is 0.355. The van der Waals surface area contributed by atoms with Gasteiger partial charge in [-0.15, -0.1) is 12.4 Å². The van der Waals surface area contributed by atoms with Crippen LogP contribution in [-0.2, 0) is 0 Å². The molecule has 36 heavy (non-hydrogen) atoms. The van der Waals surface area contributed by atoms with Gasteiger partial charge in [-0.3, -0.25) is 0 Å². The Morgan fingerprint density at radius 2 is 1.39 bits per heavy atom. The second-order valence-electron chi connectivity index (χ2n) is 9.76. The first-order valence-corrected chi connectivity index (χ1v) is 12.7. The Labute approximate surface area is 220 Å². The van der Waals surface area contributed by atoms with Crippen molar-refractivity contribution in [1.29, 1.82) is 0 Å². The molecule has 0 atom stereocenters. The lowest BCUT2D eigenvalue weighted by Crippen LogP contribution is -2.37. The number of allylic oxidation sites excluding steroid dienone is 1. The molecule has 0 aliphatic carbocycles. The highest BCUT2D eigenvalue weighted by Crippen LogP contribution is 2.37. The van der Waals surface area contributed by atoms with Crippen molar-refractivity contribution in [3.8, 4) is 5.75 Å². The summed E-state index contributed by atoms with van der Waals surface area (Å²) in [6.45, 7) is 6.89. The van der Waals surface area contributed by atoms with Crippen LogP contribution in [0.15, 0.2) is 72.8 Å². The summed E-state index contributed by atoms with van der Waals surface area (Å²) >= 11 is 0. The van der Waals surface area contributed by atoms with Crippen LogP contribution in [-0.4, -0.2) is 40.9 Å². The van der Waals surface area contributed by atoms with E-state index in [0.717, 1.165) is 40.9 Å². The van der Waals surface area contributed by atoms with Gasteiger partial charge in [0.05, 0.1) is 0 Å². The van der Waals surface area contributed by atoms with Crippen LogP contribution in [0.1, 0.15) is 67.7 Å². The molecule has 3 nitrogen and oxygen atoms in total. The lowest BCUT2D eigenvalue weighted by atomic mass is 9.85. The van der Waals surface area contributed by atoms with Gasteiger partial charge in [0.1, 0.15) is 11.6 Å². The van der Waals surface area contributed by atoms with Crippen molar-refractivity contribution < 1.29 is 14.6 Å². The van der Waals surface area contributed by atoms with Gasteiger partial charge >= 0.3 is 0 Å². The van der Waals surface area contributed by atoms with Gasteiger partial charge in [0.25, 0.3) is 0 Å². The second kappa shape index (κ2) is 13.0. The molecule has 5 heteroatoms. The highest BCUT2D eigenvalue weighted by atomic mass is 35.5. The molecule has 1 heterocycles. The molecule has 0 unspecified atom stereocenters. The third-order valence-electron chi connectivity index (χ3n) is 7.17. The molecule has 0 amide bonds. The zero-order valence-corrected chi connectivity index (χ0v) is 22.0. The Hall–Kier alpha value is -2.66. The van der Waals surface area contributed by atoms with E-state index in [-0.39, 0.29) is 30.6 Å². The van der Waals surface area contributed by atoms with Crippen molar-refractivity contribution in [2.45, 2.75) is 51.5 Å². The summed E-state index contributed by atoms with van der Waals surface area (Å²) < 4.78 is 13.7. The third-order valence-corrected chi connectivity index (χ3v) is 7.17. The molecule has 192 valence electrons. The number of nitrogens with zero attached hydrogens (tertiary/aromatic N) is 1. The summed E-state index contributed by atoms with van der Waals surface area (Å²) in [5, 5.41) is 19.5. The fourth-order valence-corrected chi connectivity index (χ4v) is 5.13. The van der Waals surface area contributed by atoms with Gasteiger partial charge in [0.15, 0.2) is 0 Å². The summed E-state index contributed by atoms with van der Waals surface area (Å²) in [5.74, 6) is 0.523. The number of halogens is 2. The quantitative estimate of drug-likeness (QED) is 0.314. The number of aliphatic hydroxyl groups is 1. The van der Waals surface area contributed by atoms with Crippen molar-refractivity contribution in [1.82, 2.24) is 4.90 Å². The molecule has 1 aliphatic heterocycles. The zero-order valence-electron chi connectivity index (χ0n) is 21.2. The average molecular weight is 510 g/mol. The molecule has 1 saturated heterocycles. The van der Waals surface area contributed by atoms with Gasteiger partial charge < -0.3 is 15.1 Å². The molecule has 0 spiro atoms. The Kier molecular flexibility index (Phi) is 10.1. The van der Waals surface area contributed by atoms with Gasteiger partial charge in [0, 0.05) is 12.6 Å². The topological polar surface area (TPSA) is 43.7 Å². The number of rotatable bonds is 8. The van der Waals surface area contributed by atoms with Crippen LogP contribution >= 0.6 is 12.4 Å². The highest BCUT2D eigenvalue weighted by molar-refractivity contribution is 5.98. The largest absolute Gasteiger partial charge is 0.508 e. The number of piperidine rings is 1. The summed E-state index contributed by atoms with van der Waals surface area (Å²) in [7, 11) is 0. The number of hydrogen-bond acceptors (Lipinski definition) is 3. The molecule has 1 aliphatic rings. The molecule has 1 fully saturated rings. The lowest BCUT2D eigenvalue weighted by Gasteiger charge is -2.34. The molecule has 4 rings (SSSR count). The zero-order chi connectivity index (χ0) is 24.8. The normalized spacial score (nSPS) is 15.5. The summed E-state index contributed by atoms with van der Waals surface area (Å²) in [6.07, 6.45) is 3.62. The van der Waals surface area contributed by atoms with Gasteiger partial charge in [-0.05, 0) is 116 Å². The maximum atomic E-state index is 13.7. The first-order chi connectivity index (χ1) is 17.0. The molecule has 0 saturated carbocycles. The molecule has 3 aromatic carbocycles. The Balaban J connectivity index is 0.00000361. The van der Waals surface area contributed by atoms with Crippen molar-refractivity contribution >= 4 is 23.6 Å². The van der Waals surface area contributed by atoms with Crippen molar-refractivity contribution in [2.75, 3.05) is 19.7 Å². The number of phenols is 1. The van der Waals surface area contributed by atoms with Crippen LogP contribution in [0.2, 0.25) is 0 Å². The molecule has 0 aromatic heterocycles. The first-order valence-electron chi connectivity index (χ1n) is 12.7. The SMILES string of the molecule is CC(C)N1CCC(c2ccc(/C(=C(/CCCO)c3ccc(F)cc3)c3ccc(O)cc3)cc2)CC1.Cl. The van der Waals surface area contributed by atoms with E-state index in [4.69, 9.17) is 0 Å². The maximum Gasteiger partial charge on any atom is 0.123 e. The van der Waals surface area contributed by atoms with E-state index in [1.165, 1.54) is 30.5 Å². The number of likely N-dealkylation sites (tertiary alicyclic amines) is 1. The predicted molar refractivity (Wildman–Crippen MR) is 149 cm³/mol. The van der Waals surface area contributed by atoms with Crippen molar-refractivity contribution in [2.24, 2.45) is 0 Å². The number of phenolic OH excluding ortho intramolecular Hbond substituents is 1. The van der Waals surface area contributed by atoms with E-state index >= 15 is 0 Å². The fourth-order valence-electron chi connectivity index (χ4n) is 5.13. The van der Waals surface area contributed by atoms with Crippen molar-refractivity contribution in [3.63, 3.8) is 0 Å². The van der Waals surface area contributed by atoms with E-state index in [1.54, 1.807) is 24.3 Å². The lowest BCUT2D eigenvalue weighted by molar-refractivity contribution is 0.172. The molecule has 3 aromatic rings. The molecule has 2 N–H and O–H groups in total. The highest BCUT2D eigenvalue weighted by Gasteiger charge is 2.22.